The van der Waals surface area contributed by atoms with Gasteiger partial charge in [0.1, 0.15) is 5.78 Å². The Hall–Kier alpha value is -0.370. The number of hydrogen-bond donors (Lipinski definition) is 1. The molecule has 1 aliphatic rings. The van der Waals surface area contributed by atoms with Gasteiger partial charge in [0, 0.05) is 6.42 Å². The van der Waals surface area contributed by atoms with Crippen LogP contribution in [0.1, 0.15) is 96.8 Å². The van der Waals surface area contributed by atoms with Crippen LogP contribution in [0.5, 0.6) is 0 Å². The molecule has 118 valence electrons. The summed E-state index contributed by atoms with van der Waals surface area (Å²) in [5.41, 5.74) is 0. The van der Waals surface area contributed by atoms with Crippen molar-refractivity contribution in [1.82, 2.24) is 5.32 Å². The monoisotopic (exact) mass is 281 g/mol. The summed E-state index contributed by atoms with van der Waals surface area (Å²) in [6.07, 6.45) is 18.0. The molecule has 1 fully saturated rings. The standard InChI is InChI=1S/C18H35NO/c1-2-3-4-5-6-7-8-9-10-13-16-19-17-14-11-12-15-18(17)20/h17,19H,2-16H2,1H3. The molecule has 1 saturated carbocycles. The van der Waals surface area contributed by atoms with Crippen LogP contribution in [0, 0.1) is 0 Å². The Balaban J connectivity index is 1.79. The fourth-order valence-corrected chi connectivity index (χ4v) is 3.09. The van der Waals surface area contributed by atoms with Gasteiger partial charge in [-0.25, -0.2) is 0 Å². The maximum atomic E-state index is 11.6. The highest BCUT2D eigenvalue weighted by atomic mass is 16.1. The molecule has 0 bridgehead atoms. The largest absolute Gasteiger partial charge is 0.307 e. The fourth-order valence-electron chi connectivity index (χ4n) is 3.09. The Morgan fingerprint density at radius 3 is 2.10 bits per heavy atom. The molecule has 0 spiro atoms. The van der Waals surface area contributed by atoms with E-state index >= 15 is 0 Å². The second-order valence-electron chi connectivity index (χ2n) is 6.40. The molecule has 1 atom stereocenters. The first kappa shape index (κ1) is 17.7. The summed E-state index contributed by atoms with van der Waals surface area (Å²) < 4.78 is 0. The van der Waals surface area contributed by atoms with E-state index in [0.29, 0.717) is 5.78 Å². The van der Waals surface area contributed by atoms with E-state index in [1.165, 1.54) is 70.6 Å². The van der Waals surface area contributed by atoms with E-state index in [0.717, 1.165) is 25.8 Å². The minimum atomic E-state index is 0.183. The average molecular weight is 281 g/mol. The lowest BCUT2D eigenvalue weighted by molar-refractivity contribution is -0.122. The molecule has 20 heavy (non-hydrogen) atoms. The second-order valence-corrected chi connectivity index (χ2v) is 6.40. The molecule has 2 nitrogen and oxygen atoms in total. The van der Waals surface area contributed by atoms with Gasteiger partial charge >= 0.3 is 0 Å². The second kappa shape index (κ2) is 12.4. The van der Waals surface area contributed by atoms with Crippen LogP contribution in [-0.2, 0) is 4.79 Å². The van der Waals surface area contributed by atoms with E-state index in [1.807, 2.05) is 0 Å². The number of ketones is 1. The van der Waals surface area contributed by atoms with Crippen molar-refractivity contribution in [2.75, 3.05) is 6.54 Å². The number of rotatable bonds is 12. The van der Waals surface area contributed by atoms with Gasteiger partial charge in [0.05, 0.1) is 6.04 Å². The van der Waals surface area contributed by atoms with Crippen molar-refractivity contribution >= 4 is 5.78 Å². The van der Waals surface area contributed by atoms with Crippen LogP contribution < -0.4 is 5.32 Å². The van der Waals surface area contributed by atoms with Gasteiger partial charge in [0.2, 0.25) is 0 Å². The van der Waals surface area contributed by atoms with Gasteiger partial charge in [0.25, 0.3) is 0 Å². The first-order chi connectivity index (χ1) is 9.84. The van der Waals surface area contributed by atoms with E-state index in [2.05, 4.69) is 12.2 Å². The zero-order valence-electron chi connectivity index (χ0n) is 13.6. The summed E-state index contributed by atoms with van der Waals surface area (Å²) >= 11 is 0. The Bertz CT molecular complexity index is 240. The van der Waals surface area contributed by atoms with Crippen molar-refractivity contribution in [1.29, 1.82) is 0 Å². The van der Waals surface area contributed by atoms with Gasteiger partial charge < -0.3 is 5.32 Å². The Kier molecular flexibility index (Phi) is 10.9. The Labute approximate surface area is 126 Å². The molecule has 0 amide bonds. The van der Waals surface area contributed by atoms with Crippen LogP contribution in [0.25, 0.3) is 0 Å². The summed E-state index contributed by atoms with van der Waals surface area (Å²) in [7, 11) is 0. The topological polar surface area (TPSA) is 29.1 Å². The van der Waals surface area contributed by atoms with Crippen molar-refractivity contribution in [2.45, 2.75) is 103 Å². The van der Waals surface area contributed by atoms with E-state index in [4.69, 9.17) is 0 Å². The molecule has 0 aromatic carbocycles. The number of carbonyl (C=O) groups excluding carboxylic acids is 1. The molecule has 0 aromatic rings. The van der Waals surface area contributed by atoms with Crippen molar-refractivity contribution in [2.24, 2.45) is 0 Å². The summed E-state index contributed by atoms with van der Waals surface area (Å²) in [5.74, 6) is 0.448. The van der Waals surface area contributed by atoms with Crippen molar-refractivity contribution in [3.63, 3.8) is 0 Å². The third-order valence-electron chi connectivity index (χ3n) is 4.48. The molecule has 1 rings (SSSR count). The van der Waals surface area contributed by atoms with E-state index in [-0.39, 0.29) is 6.04 Å². The first-order valence-corrected chi connectivity index (χ1v) is 9.10. The molecular formula is C18H35NO. The third kappa shape index (κ3) is 8.73. The van der Waals surface area contributed by atoms with Gasteiger partial charge in [-0.1, -0.05) is 71.1 Å². The highest BCUT2D eigenvalue weighted by Gasteiger charge is 2.20. The van der Waals surface area contributed by atoms with Crippen LogP contribution in [-0.4, -0.2) is 18.4 Å². The average Bonchev–Trinajstić information content (AvgIpc) is 2.46. The minimum Gasteiger partial charge on any atom is -0.307 e. The summed E-state index contributed by atoms with van der Waals surface area (Å²) in [4.78, 5) is 11.6. The molecule has 0 aliphatic heterocycles. The lowest BCUT2D eigenvalue weighted by Gasteiger charge is -2.21. The van der Waals surface area contributed by atoms with Gasteiger partial charge in [-0.15, -0.1) is 0 Å². The summed E-state index contributed by atoms with van der Waals surface area (Å²) in [6.45, 7) is 3.31. The smallest absolute Gasteiger partial charge is 0.149 e. The predicted molar refractivity (Wildman–Crippen MR) is 87.1 cm³/mol. The Morgan fingerprint density at radius 1 is 0.900 bits per heavy atom. The number of carbonyl (C=O) groups is 1. The van der Waals surface area contributed by atoms with Crippen LogP contribution >= 0.6 is 0 Å². The van der Waals surface area contributed by atoms with Gasteiger partial charge in [-0.05, 0) is 25.8 Å². The molecule has 1 unspecified atom stereocenters. The van der Waals surface area contributed by atoms with Crippen LogP contribution in [0.4, 0.5) is 0 Å². The third-order valence-corrected chi connectivity index (χ3v) is 4.48. The lowest BCUT2D eigenvalue weighted by atomic mass is 9.94. The van der Waals surface area contributed by atoms with Crippen LogP contribution in [0.3, 0.4) is 0 Å². The lowest BCUT2D eigenvalue weighted by Crippen LogP contribution is -2.39. The zero-order chi connectivity index (χ0) is 14.5. The fraction of sp³-hybridized carbons (Fsp3) is 0.944. The number of hydrogen-bond acceptors (Lipinski definition) is 2. The zero-order valence-corrected chi connectivity index (χ0v) is 13.6. The number of Topliss-reactive ketones (excluding diaryl/α,β-unsaturated/α-hetero) is 1. The predicted octanol–water partition coefficient (Wildman–Crippen LogP) is 5.01. The van der Waals surface area contributed by atoms with Crippen molar-refractivity contribution in [3.05, 3.63) is 0 Å². The summed E-state index contributed by atoms with van der Waals surface area (Å²) in [5, 5.41) is 3.45. The maximum absolute atomic E-state index is 11.6. The van der Waals surface area contributed by atoms with E-state index in [1.54, 1.807) is 0 Å². The number of nitrogens with one attached hydrogen (secondary N) is 1. The van der Waals surface area contributed by atoms with Crippen LogP contribution in [0.15, 0.2) is 0 Å². The van der Waals surface area contributed by atoms with Gasteiger partial charge in [0.15, 0.2) is 0 Å². The maximum Gasteiger partial charge on any atom is 0.149 e. The molecular weight excluding hydrogens is 246 g/mol. The molecule has 0 heterocycles. The highest BCUT2D eigenvalue weighted by molar-refractivity contribution is 5.84. The normalized spacial score (nSPS) is 19.4. The van der Waals surface area contributed by atoms with Gasteiger partial charge in [-0.3, -0.25) is 4.79 Å². The first-order valence-electron chi connectivity index (χ1n) is 9.10. The molecule has 0 radical (unpaired) electrons. The number of unbranched alkanes of at least 4 members (excludes halogenated alkanes) is 9. The molecule has 0 aromatic heterocycles. The quantitative estimate of drug-likeness (QED) is 0.510. The highest BCUT2D eigenvalue weighted by Crippen LogP contribution is 2.14. The Morgan fingerprint density at radius 2 is 1.50 bits per heavy atom. The van der Waals surface area contributed by atoms with Crippen molar-refractivity contribution in [3.8, 4) is 0 Å². The molecule has 0 saturated heterocycles. The van der Waals surface area contributed by atoms with Crippen LogP contribution in [0.2, 0.25) is 0 Å². The summed E-state index contributed by atoms with van der Waals surface area (Å²) in [6, 6.07) is 0.183. The van der Waals surface area contributed by atoms with Gasteiger partial charge in [-0.2, -0.15) is 0 Å². The van der Waals surface area contributed by atoms with E-state index < -0.39 is 0 Å². The molecule has 1 aliphatic carbocycles. The molecule has 1 N–H and O–H groups in total. The van der Waals surface area contributed by atoms with E-state index in [9.17, 15) is 4.79 Å². The minimum absolute atomic E-state index is 0.183. The molecule has 2 heteroatoms. The SMILES string of the molecule is CCCCCCCCCCCCNC1CCCCC1=O. The van der Waals surface area contributed by atoms with Crippen molar-refractivity contribution < 1.29 is 4.79 Å².